The summed E-state index contributed by atoms with van der Waals surface area (Å²) in [5.41, 5.74) is 8.49. The van der Waals surface area contributed by atoms with Gasteiger partial charge in [-0.25, -0.2) is 0 Å². The van der Waals surface area contributed by atoms with Crippen molar-refractivity contribution >= 4 is 23.4 Å². The maximum atomic E-state index is 13.4. The molecule has 2 unspecified atom stereocenters. The number of benzene rings is 2. The van der Waals surface area contributed by atoms with Gasteiger partial charge in [0.2, 0.25) is 0 Å². The van der Waals surface area contributed by atoms with E-state index in [4.69, 9.17) is 19.6 Å². The highest BCUT2D eigenvalue weighted by Crippen LogP contribution is 2.29. The first-order chi connectivity index (χ1) is 20.9. The van der Waals surface area contributed by atoms with Gasteiger partial charge < -0.3 is 35.2 Å². The van der Waals surface area contributed by atoms with Crippen LogP contribution in [0.3, 0.4) is 0 Å². The molecule has 11 heteroatoms. The molecule has 4 N–H and O–H groups in total. The van der Waals surface area contributed by atoms with Crippen LogP contribution in [0.5, 0.6) is 11.5 Å². The number of piperazine rings is 1. The lowest BCUT2D eigenvalue weighted by Gasteiger charge is -2.34. The molecule has 1 aliphatic heterocycles. The molecule has 1 aromatic heterocycles. The van der Waals surface area contributed by atoms with Gasteiger partial charge in [0.1, 0.15) is 0 Å². The Morgan fingerprint density at radius 1 is 0.907 bits per heavy atom. The van der Waals surface area contributed by atoms with Crippen LogP contribution in [-0.2, 0) is 6.54 Å². The molecule has 0 spiro atoms. The van der Waals surface area contributed by atoms with Crippen LogP contribution in [0, 0.1) is 0 Å². The number of furan rings is 1. The Balaban J connectivity index is 1.33. The van der Waals surface area contributed by atoms with Crippen LogP contribution in [0.1, 0.15) is 62.5 Å². The van der Waals surface area contributed by atoms with Crippen LogP contribution < -0.4 is 25.8 Å². The molecule has 3 amide bonds. The van der Waals surface area contributed by atoms with Crippen LogP contribution in [0.15, 0.2) is 59.2 Å². The molecule has 0 bridgehead atoms. The van der Waals surface area contributed by atoms with Gasteiger partial charge in [0, 0.05) is 61.6 Å². The SMILES string of the molecule is COc1ccc(C(=O)Nc2cc(C(=O)NC3CCCCC3N)ccc2CN2CCN(C(=O)c3ccco3)CC2)cc1OC. The van der Waals surface area contributed by atoms with Crippen molar-refractivity contribution in [1.82, 2.24) is 15.1 Å². The quantitative estimate of drug-likeness (QED) is 0.345. The predicted octanol–water partition coefficient (Wildman–Crippen LogP) is 3.51. The number of carbonyl (C=O) groups is 3. The van der Waals surface area contributed by atoms with E-state index in [1.807, 2.05) is 6.07 Å². The fraction of sp³-hybridized carbons (Fsp3) is 0.406. The van der Waals surface area contributed by atoms with Crippen molar-refractivity contribution in [2.24, 2.45) is 5.73 Å². The summed E-state index contributed by atoms with van der Waals surface area (Å²) in [5.74, 6) is 0.596. The number of hydrogen-bond donors (Lipinski definition) is 3. The van der Waals surface area contributed by atoms with Gasteiger partial charge in [0.15, 0.2) is 17.3 Å². The van der Waals surface area contributed by atoms with E-state index in [9.17, 15) is 14.4 Å². The molecule has 1 saturated heterocycles. The Kier molecular flexibility index (Phi) is 9.63. The highest BCUT2D eigenvalue weighted by molar-refractivity contribution is 6.06. The van der Waals surface area contributed by atoms with E-state index in [0.29, 0.717) is 66.8 Å². The molecule has 2 aliphatic rings. The minimum atomic E-state index is -0.345. The number of ether oxygens (including phenoxy) is 2. The van der Waals surface area contributed by atoms with Gasteiger partial charge in [-0.15, -0.1) is 0 Å². The number of methoxy groups -OCH3 is 2. The summed E-state index contributed by atoms with van der Waals surface area (Å²) in [5, 5.41) is 6.10. The molecule has 3 aromatic rings. The van der Waals surface area contributed by atoms with Gasteiger partial charge in [-0.2, -0.15) is 0 Å². The summed E-state index contributed by atoms with van der Waals surface area (Å²) in [6, 6.07) is 13.5. The number of nitrogens with one attached hydrogen (secondary N) is 2. The third-order valence-corrected chi connectivity index (χ3v) is 8.19. The largest absolute Gasteiger partial charge is 0.493 e. The molecule has 1 aliphatic carbocycles. The van der Waals surface area contributed by atoms with Crippen LogP contribution in [0.2, 0.25) is 0 Å². The van der Waals surface area contributed by atoms with Gasteiger partial charge >= 0.3 is 0 Å². The van der Waals surface area contributed by atoms with E-state index < -0.39 is 0 Å². The molecule has 2 aromatic carbocycles. The minimum absolute atomic E-state index is 0.0699. The Bertz CT molecular complexity index is 1430. The average Bonchev–Trinajstić information content (AvgIpc) is 3.58. The van der Waals surface area contributed by atoms with Crippen LogP contribution in [0.4, 0.5) is 5.69 Å². The highest BCUT2D eigenvalue weighted by atomic mass is 16.5. The Labute approximate surface area is 251 Å². The topological polar surface area (TPSA) is 139 Å². The zero-order chi connectivity index (χ0) is 30.3. The summed E-state index contributed by atoms with van der Waals surface area (Å²) in [6.45, 7) is 2.93. The van der Waals surface area contributed by atoms with Gasteiger partial charge in [-0.3, -0.25) is 19.3 Å². The van der Waals surface area contributed by atoms with Gasteiger partial charge in [0.25, 0.3) is 17.7 Å². The van der Waals surface area contributed by atoms with Crippen molar-refractivity contribution in [3.8, 4) is 11.5 Å². The first kappa shape index (κ1) is 30.1. The van der Waals surface area contributed by atoms with E-state index in [1.165, 1.54) is 20.5 Å². The van der Waals surface area contributed by atoms with Crippen molar-refractivity contribution in [3.05, 3.63) is 77.2 Å². The van der Waals surface area contributed by atoms with Crippen molar-refractivity contribution in [3.63, 3.8) is 0 Å². The number of carbonyl (C=O) groups excluding carboxylic acids is 3. The number of rotatable bonds is 9. The molecule has 228 valence electrons. The lowest BCUT2D eigenvalue weighted by atomic mass is 9.91. The number of nitrogens with zero attached hydrogens (tertiary/aromatic N) is 2. The molecular weight excluding hydrogens is 550 g/mol. The van der Waals surface area contributed by atoms with Gasteiger partial charge in [-0.1, -0.05) is 18.9 Å². The molecule has 43 heavy (non-hydrogen) atoms. The molecule has 0 radical (unpaired) electrons. The second-order valence-corrected chi connectivity index (χ2v) is 11.0. The standard InChI is InChI=1S/C32H39N5O6/c1-41-27-12-11-22(19-29(27)42-2)31(39)35-26-18-21(30(38)34-25-7-4-3-6-24(25)33)9-10-23(26)20-36-13-15-37(16-14-36)32(40)28-8-5-17-43-28/h5,8-12,17-19,24-25H,3-4,6-7,13-16,20,33H2,1-2H3,(H,34,38)(H,35,39). The van der Waals surface area contributed by atoms with Crippen LogP contribution in [-0.4, -0.2) is 80.0 Å². The monoisotopic (exact) mass is 589 g/mol. The van der Waals surface area contributed by atoms with Crippen molar-refractivity contribution in [1.29, 1.82) is 0 Å². The Hall–Kier alpha value is -4.35. The normalized spacial score (nSPS) is 19.0. The molecule has 1 saturated carbocycles. The van der Waals surface area contributed by atoms with E-state index in [-0.39, 0.29) is 29.8 Å². The highest BCUT2D eigenvalue weighted by Gasteiger charge is 2.26. The van der Waals surface area contributed by atoms with E-state index >= 15 is 0 Å². The number of anilines is 1. The van der Waals surface area contributed by atoms with Crippen LogP contribution >= 0.6 is 0 Å². The molecule has 2 fully saturated rings. The summed E-state index contributed by atoms with van der Waals surface area (Å²) in [4.78, 5) is 43.3. The number of hydrogen-bond acceptors (Lipinski definition) is 8. The predicted molar refractivity (Wildman–Crippen MR) is 162 cm³/mol. The van der Waals surface area contributed by atoms with Crippen molar-refractivity contribution in [2.75, 3.05) is 45.7 Å². The lowest BCUT2D eigenvalue weighted by molar-refractivity contribution is 0.0597. The van der Waals surface area contributed by atoms with E-state index in [1.54, 1.807) is 47.4 Å². The van der Waals surface area contributed by atoms with Crippen molar-refractivity contribution < 1.29 is 28.3 Å². The summed E-state index contributed by atoms with van der Waals surface area (Å²) in [7, 11) is 3.05. The zero-order valence-electron chi connectivity index (χ0n) is 24.6. The van der Waals surface area contributed by atoms with Crippen molar-refractivity contribution in [2.45, 2.75) is 44.3 Å². The van der Waals surface area contributed by atoms with E-state index in [2.05, 4.69) is 15.5 Å². The van der Waals surface area contributed by atoms with Gasteiger partial charge in [0.05, 0.1) is 20.5 Å². The molecule has 2 heterocycles. The lowest BCUT2D eigenvalue weighted by Crippen LogP contribution is -2.49. The first-order valence-electron chi connectivity index (χ1n) is 14.6. The third kappa shape index (κ3) is 7.18. The maximum Gasteiger partial charge on any atom is 0.289 e. The molecule has 5 rings (SSSR count). The maximum absolute atomic E-state index is 13.4. The fourth-order valence-electron chi connectivity index (χ4n) is 5.64. The average molecular weight is 590 g/mol. The Morgan fingerprint density at radius 2 is 1.63 bits per heavy atom. The number of nitrogens with two attached hydrogens (primary N) is 1. The second kappa shape index (κ2) is 13.7. The van der Waals surface area contributed by atoms with Gasteiger partial charge in [-0.05, 0) is 60.9 Å². The molecule has 11 nitrogen and oxygen atoms in total. The summed E-state index contributed by atoms with van der Waals surface area (Å²) >= 11 is 0. The van der Waals surface area contributed by atoms with E-state index in [0.717, 1.165) is 31.2 Å². The first-order valence-corrected chi connectivity index (χ1v) is 14.6. The summed E-state index contributed by atoms with van der Waals surface area (Å²) in [6.07, 6.45) is 5.33. The number of amides is 3. The zero-order valence-corrected chi connectivity index (χ0v) is 24.6. The van der Waals surface area contributed by atoms with Crippen LogP contribution in [0.25, 0.3) is 0 Å². The fourth-order valence-corrected chi connectivity index (χ4v) is 5.64. The Morgan fingerprint density at radius 3 is 2.33 bits per heavy atom. The third-order valence-electron chi connectivity index (χ3n) is 8.19. The minimum Gasteiger partial charge on any atom is -0.493 e. The summed E-state index contributed by atoms with van der Waals surface area (Å²) < 4.78 is 15.9. The smallest absolute Gasteiger partial charge is 0.289 e. The molecular formula is C32H39N5O6. The second-order valence-electron chi connectivity index (χ2n) is 11.0. The molecule has 2 atom stereocenters.